The van der Waals surface area contributed by atoms with Crippen LogP contribution in [0.3, 0.4) is 0 Å². The normalized spacial score (nSPS) is 12.4. The largest absolute Gasteiger partial charge is 0.353 e. The minimum atomic E-state index is -0.307. The maximum absolute atomic E-state index is 12.0. The van der Waals surface area contributed by atoms with Crippen LogP contribution < -0.4 is 10.9 Å². The fourth-order valence-corrected chi connectivity index (χ4v) is 3.48. The summed E-state index contributed by atoms with van der Waals surface area (Å²) < 4.78 is 1.50. The molecule has 2 N–H and O–H groups in total. The molecule has 0 aliphatic heterocycles. The van der Waals surface area contributed by atoms with E-state index in [9.17, 15) is 9.59 Å². The second-order valence-electron chi connectivity index (χ2n) is 5.30. The summed E-state index contributed by atoms with van der Waals surface area (Å²) in [7, 11) is 0. The van der Waals surface area contributed by atoms with E-state index in [1.54, 1.807) is 17.4 Å². The number of nitrogens with one attached hydrogen (secondary N) is 2. The number of thioether (sulfide) groups is 1. The second kappa shape index (κ2) is 7.18. The van der Waals surface area contributed by atoms with Crippen LogP contribution in [0, 0.1) is 0 Å². The van der Waals surface area contributed by atoms with Crippen LogP contribution in [0.4, 0.5) is 0 Å². The van der Waals surface area contributed by atoms with Gasteiger partial charge in [-0.2, -0.15) is 5.10 Å². The number of nitrogens with zero attached hydrogens (tertiary/aromatic N) is 3. The molecule has 0 aromatic carbocycles. The predicted octanol–water partition coefficient (Wildman–Crippen LogP) is 2.15. The molecule has 0 unspecified atom stereocenters. The van der Waals surface area contributed by atoms with Crippen molar-refractivity contribution in [2.75, 3.05) is 5.75 Å². The Labute approximate surface area is 146 Å². The van der Waals surface area contributed by atoms with Crippen LogP contribution in [-0.2, 0) is 4.79 Å². The van der Waals surface area contributed by atoms with Gasteiger partial charge in [0.1, 0.15) is 11.2 Å². The molecule has 0 saturated carbocycles. The van der Waals surface area contributed by atoms with Crippen molar-refractivity contribution in [1.82, 2.24) is 25.1 Å². The predicted molar refractivity (Wildman–Crippen MR) is 95.5 cm³/mol. The monoisotopic (exact) mass is 363 g/mol. The van der Waals surface area contributed by atoms with Gasteiger partial charge >= 0.3 is 0 Å². The van der Waals surface area contributed by atoms with Crippen molar-refractivity contribution >= 4 is 34.5 Å². The van der Waals surface area contributed by atoms with Crippen LogP contribution >= 0.6 is 23.1 Å². The van der Waals surface area contributed by atoms with Gasteiger partial charge in [-0.25, -0.2) is 9.61 Å². The molecular weight excluding hydrogens is 346 g/mol. The van der Waals surface area contributed by atoms with Gasteiger partial charge in [-0.15, -0.1) is 16.4 Å². The summed E-state index contributed by atoms with van der Waals surface area (Å²) in [5.74, 6) is 0.147. The molecule has 0 aliphatic rings. The Morgan fingerprint density at radius 2 is 2.38 bits per heavy atom. The van der Waals surface area contributed by atoms with Gasteiger partial charge in [0.2, 0.25) is 11.1 Å². The molecule has 7 nitrogen and oxygen atoms in total. The molecule has 3 aromatic heterocycles. The van der Waals surface area contributed by atoms with Crippen LogP contribution in [0.2, 0.25) is 0 Å². The molecule has 3 heterocycles. The standard InChI is InChI=1S/C15H17N5O2S2/c1-3-9(2)16-13(21)8-24-15-18-17-14(22)11-7-10(19-20(11)15)12-5-4-6-23-12/h4-7,9H,3,8H2,1-2H3,(H,16,21)(H,17,22)/t9-/m0/s1. The summed E-state index contributed by atoms with van der Waals surface area (Å²) in [4.78, 5) is 24.9. The lowest BCUT2D eigenvalue weighted by Crippen LogP contribution is -2.33. The number of hydrogen-bond acceptors (Lipinski definition) is 6. The third kappa shape index (κ3) is 3.51. The van der Waals surface area contributed by atoms with Gasteiger partial charge in [-0.3, -0.25) is 9.59 Å². The smallest absolute Gasteiger partial charge is 0.290 e. The van der Waals surface area contributed by atoms with E-state index in [4.69, 9.17) is 0 Å². The molecule has 24 heavy (non-hydrogen) atoms. The van der Waals surface area contributed by atoms with Crippen LogP contribution in [0.15, 0.2) is 33.5 Å². The van der Waals surface area contributed by atoms with Gasteiger partial charge in [0.05, 0.1) is 10.6 Å². The highest BCUT2D eigenvalue weighted by atomic mass is 32.2. The van der Waals surface area contributed by atoms with E-state index in [0.29, 0.717) is 10.7 Å². The Morgan fingerprint density at radius 1 is 1.54 bits per heavy atom. The van der Waals surface area contributed by atoms with Crippen molar-refractivity contribution in [2.45, 2.75) is 31.5 Å². The Bertz CT molecular complexity index is 900. The Morgan fingerprint density at radius 3 is 3.08 bits per heavy atom. The maximum atomic E-state index is 12.0. The number of rotatable bonds is 6. The molecule has 1 atom stereocenters. The first kappa shape index (κ1) is 16.7. The Balaban J connectivity index is 1.85. The quantitative estimate of drug-likeness (QED) is 0.655. The van der Waals surface area contributed by atoms with Crippen molar-refractivity contribution in [3.8, 4) is 10.6 Å². The SMILES string of the molecule is CC[C@H](C)NC(=O)CSc1n[nH]c(=O)c2cc(-c3cccs3)nn12. The first-order valence-electron chi connectivity index (χ1n) is 7.53. The second-order valence-corrected chi connectivity index (χ2v) is 7.19. The van der Waals surface area contributed by atoms with Crippen LogP contribution in [0.25, 0.3) is 16.1 Å². The minimum absolute atomic E-state index is 0.0684. The number of aromatic nitrogens is 4. The fraction of sp³-hybridized carbons (Fsp3) is 0.333. The highest BCUT2D eigenvalue weighted by molar-refractivity contribution is 7.99. The zero-order valence-electron chi connectivity index (χ0n) is 13.3. The summed E-state index contributed by atoms with van der Waals surface area (Å²) in [5.41, 5.74) is 0.825. The van der Waals surface area contributed by atoms with Crippen molar-refractivity contribution in [3.63, 3.8) is 0 Å². The lowest BCUT2D eigenvalue weighted by Gasteiger charge is -2.10. The third-order valence-electron chi connectivity index (χ3n) is 3.50. The molecule has 0 radical (unpaired) electrons. The molecule has 126 valence electrons. The molecule has 0 saturated heterocycles. The van der Waals surface area contributed by atoms with Gasteiger partial charge in [0.15, 0.2) is 0 Å². The van der Waals surface area contributed by atoms with Gasteiger partial charge < -0.3 is 5.32 Å². The zero-order chi connectivity index (χ0) is 17.1. The van der Waals surface area contributed by atoms with Crippen molar-refractivity contribution in [2.24, 2.45) is 0 Å². The molecule has 0 fully saturated rings. The van der Waals surface area contributed by atoms with Crippen LogP contribution in [0.1, 0.15) is 20.3 Å². The van der Waals surface area contributed by atoms with Gasteiger partial charge in [-0.1, -0.05) is 24.8 Å². The van der Waals surface area contributed by atoms with Crippen LogP contribution in [0.5, 0.6) is 0 Å². The van der Waals surface area contributed by atoms with E-state index in [-0.39, 0.29) is 23.3 Å². The average Bonchev–Trinajstić information content (AvgIpc) is 3.23. The first-order valence-corrected chi connectivity index (χ1v) is 9.39. The van der Waals surface area contributed by atoms with E-state index in [1.807, 2.05) is 31.4 Å². The average molecular weight is 363 g/mol. The van der Waals surface area contributed by atoms with E-state index in [1.165, 1.54) is 16.3 Å². The number of thiophene rings is 1. The van der Waals surface area contributed by atoms with Crippen molar-refractivity contribution < 1.29 is 4.79 Å². The van der Waals surface area contributed by atoms with Gasteiger partial charge in [0, 0.05) is 6.04 Å². The molecule has 1 amide bonds. The van der Waals surface area contributed by atoms with Gasteiger partial charge in [-0.05, 0) is 30.9 Å². The lowest BCUT2D eigenvalue weighted by molar-refractivity contribution is -0.119. The third-order valence-corrected chi connectivity index (χ3v) is 5.32. The zero-order valence-corrected chi connectivity index (χ0v) is 14.9. The summed E-state index contributed by atoms with van der Waals surface area (Å²) in [5, 5.41) is 16.3. The molecule has 0 bridgehead atoms. The number of H-pyrrole nitrogens is 1. The molecule has 3 rings (SSSR count). The summed E-state index contributed by atoms with van der Waals surface area (Å²) >= 11 is 2.79. The number of carbonyl (C=O) groups excluding carboxylic acids is 1. The Hall–Kier alpha value is -2.13. The van der Waals surface area contributed by atoms with Gasteiger partial charge in [0.25, 0.3) is 5.56 Å². The van der Waals surface area contributed by atoms with Crippen molar-refractivity contribution in [3.05, 3.63) is 33.9 Å². The highest BCUT2D eigenvalue weighted by Gasteiger charge is 2.14. The molecule has 9 heteroatoms. The summed E-state index contributed by atoms with van der Waals surface area (Å²) in [6, 6.07) is 5.74. The molecule has 0 spiro atoms. The number of aromatic amines is 1. The summed E-state index contributed by atoms with van der Waals surface area (Å²) in [6.07, 6.45) is 0.876. The molecular formula is C15H17N5O2S2. The molecule has 0 aliphatic carbocycles. The molecule has 3 aromatic rings. The van der Waals surface area contributed by atoms with Crippen molar-refractivity contribution in [1.29, 1.82) is 0 Å². The highest BCUT2D eigenvalue weighted by Crippen LogP contribution is 2.25. The van der Waals surface area contributed by atoms with E-state index < -0.39 is 0 Å². The minimum Gasteiger partial charge on any atom is -0.353 e. The summed E-state index contributed by atoms with van der Waals surface area (Å²) in [6.45, 7) is 3.97. The Kier molecular flexibility index (Phi) is 5.00. The number of fused-ring (bicyclic) bond motifs is 1. The number of amides is 1. The number of hydrogen-bond donors (Lipinski definition) is 2. The topological polar surface area (TPSA) is 92.1 Å². The number of carbonyl (C=O) groups is 1. The van der Waals surface area contributed by atoms with E-state index in [2.05, 4.69) is 20.6 Å². The van der Waals surface area contributed by atoms with E-state index in [0.717, 1.165) is 17.0 Å². The van der Waals surface area contributed by atoms with E-state index >= 15 is 0 Å². The first-order chi connectivity index (χ1) is 11.6. The lowest BCUT2D eigenvalue weighted by atomic mass is 10.3. The maximum Gasteiger partial charge on any atom is 0.290 e. The fourth-order valence-electron chi connectivity index (χ4n) is 2.08. The van der Waals surface area contributed by atoms with Crippen LogP contribution in [-0.4, -0.2) is 37.5 Å².